The summed E-state index contributed by atoms with van der Waals surface area (Å²) < 4.78 is 5.31. The number of pyridine rings is 1. The molecule has 0 radical (unpaired) electrons. The van der Waals surface area contributed by atoms with Crippen LogP contribution in [0.3, 0.4) is 0 Å². The number of furan rings is 1. The molecule has 2 aromatic heterocycles. The Labute approximate surface area is 93.0 Å². The van der Waals surface area contributed by atoms with E-state index >= 15 is 0 Å². The van der Waals surface area contributed by atoms with Crippen molar-refractivity contribution in [3.8, 4) is 11.3 Å². The molecule has 5 nitrogen and oxygen atoms in total. The Kier molecular flexibility index (Phi) is 2.51. The van der Waals surface area contributed by atoms with E-state index in [1.807, 2.05) is 0 Å². The summed E-state index contributed by atoms with van der Waals surface area (Å²) in [4.78, 5) is 14.1. The van der Waals surface area contributed by atoms with Gasteiger partial charge in [-0.1, -0.05) is 0 Å². The Morgan fingerprint density at radius 2 is 2.27 bits per heavy atom. The summed E-state index contributed by atoms with van der Waals surface area (Å²) in [5.74, 6) is 0.449. The van der Waals surface area contributed by atoms with E-state index in [9.17, 15) is 10.1 Å². The molecule has 0 saturated carbocycles. The summed E-state index contributed by atoms with van der Waals surface area (Å²) in [6.07, 6.45) is 2.95. The number of rotatable bonds is 2. The SMILES string of the molecule is O=[N+]([O-])c1c(-c2ccco2)ccnc1Br. The highest BCUT2D eigenvalue weighted by atomic mass is 79.9. The van der Waals surface area contributed by atoms with Gasteiger partial charge in [-0.25, -0.2) is 4.98 Å². The molecule has 0 aromatic carbocycles. The maximum Gasteiger partial charge on any atom is 0.312 e. The van der Waals surface area contributed by atoms with E-state index in [0.717, 1.165) is 0 Å². The van der Waals surface area contributed by atoms with E-state index in [2.05, 4.69) is 20.9 Å². The molecule has 0 aliphatic heterocycles. The van der Waals surface area contributed by atoms with Crippen molar-refractivity contribution in [1.82, 2.24) is 4.98 Å². The van der Waals surface area contributed by atoms with E-state index in [-0.39, 0.29) is 10.3 Å². The summed E-state index contributed by atoms with van der Waals surface area (Å²) in [5, 5.41) is 10.8. The third-order valence-corrected chi connectivity index (χ3v) is 2.43. The van der Waals surface area contributed by atoms with E-state index < -0.39 is 4.92 Å². The molecule has 15 heavy (non-hydrogen) atoms. The Morgan fingerprint density at radius 3 is 2.87 bits per heavy atom. The summed E-state index contributed by atoms with van der Waals surface area (Å²) in [5.41, 5.74) is 0.319. The molecule has 0 bridgehead atoms. The molecule has 0 aliphatic rings. The molecule has 0 amide bonds. The van der Waals surface area contributed by atoms with E-state index in [1.165, 1.54) is 12.5 Å². The average Bonchev–Trinajstić information content (AvgIpc) is 2.69. The average molecular weight is 269 g/mol. The van der Waals surface area contributed by atoms with Crippen LogP contribution in [-0.4, -0.2) is 9.91 Å². The summed E-state index contributed by atoms with van der Waals surface area (Å²) in [7, 11) is 0. The van der Waals surface area contributed by atoms with Crippen LogP contribution < -0.4 is 0 Å². The van der Waals surface area contributed by atoms with Crippen LogP contribution in [0.5, 0.6) is 0 Å². The topological polar surface area (TPSA) is 69.2 Å². The first-order valence-corrected chi connectivity index (χ1v) is 4.82. The fourth-order valence-electron chi connectivity index (χ4n) is 1.23. The fraction of sp³-hybridized carbons (Fsp3) is 0. The van der Waals surface area contributed by atoms with E-state index in [0.29, 0.717) is 11.3 Å². The number of nitrogens with zero attached hydrogens (tertiary/aromatic N) is 2. The number of halogens is 1. The molecular weight excluding hydrogens is 264 g/mol. The minimum Gasteiger partial charge on any atom is -0.464 e. The van der Waals surface area contributed by atoms with Crippen LogP contribution in [0.1, 0.15) is 0 Å². The van der Waals surface area contributed by atoms with Crippen LogP contribution in [0, 0.1) is 10.1 Å². The second kappa shape index (κ2) is 3.82. The number of aromatic nitrogens is 1. The Balaban J connectivity index is 2.66. The third kappa shape index (κ3) is 1.75. The number of nitro groups is 1. The highest BCUT2D eigenvalue weighted by Gasteiger charge is 2.21. The summed E-state index contributed by atoms with van der Waals surface area (Å²) in [6, 6.07) is 4.88. The van der Waals surface area contributed by atoms with Crippen LogP contribution in [-0.2, 0) is 0 Å². The molecule has 0 N–H and O–H groups in total. The predicted molar refractivity (Wildman–Crippen MR) is 56.3 cm³/mol. The summed E-state index contributed by atoms with van der Waals surface area (Å²) >= 11 is 3.04. The molecular formula is C9H5BrN2O3. The molecule has 2 heterocycles. The first-order chi connectivity index (χ1) is 7.20. The van der Waals surface area contributed by atoms with Gasteiger partial charge in [0.25, 0.3) is 0 Å². The normalized spacial score (nSPS) is 10.2. The zero-order valence-corrected chi connectivity index (χ0v) is 8.97. The molecule has 0 fully saturated rings. The van der Waals surface area contributed by atoms with Crippen LogP contribution >= 0.6 is 15.9 Å². The van der Waals surface area contributed by atoms with Gasteiger partial charge in [0.1, 0.15) is 5.76 Å². The molecule has 0 atom stereocenters. The van der Waals surface area contributed by atoms with Crippen LogP contribution in [0.15, 0.2) is 39.7 Å². The lowest BCUT2D eigenvalue weighted by Gasteiger charge is -2.00. The smallest absolute Gasteiger partial charge is 0.312 e. The zero-order chi connectivity index (χ0) is 10.8. The minimum atomic E-state index is -0.491. The van der Waals surface area contributed by atoms with Crippen molar-refractivity contribution in [2.24, 2.45) is 0 Å². The van der Waals surface area contributed by atoms with Gasteiger partial charge in [-0.15, -0.1) is 0 Å². The maximum atomic E-state index is 10.8. The molecule has 2 aromatic rings. The quantitative estimate of drug-likeness (QED) is 0.477. The van der Waals surface area contributed by atoms with E-state index in [4.69, 9.17) is 4.42 Å². The van der Waals surface area contributed by atoms with Gasteiger partial charge in [-0.2, -0.15) is 0 Å². The van der Waals surface area contributed by atoms with Crippen molar-refractivity contribution >= 4 is 21.6 Å². The molecule has 0 spiro atoms. The van der Waals surface area contributed by atoms with Gasteiger partial charge in [0.15, 0.2) is 4.60 Å². The second-order valence-corrected chi connectivity index (χ2v) is 3.48. The van der Waals surface area contributed by atoms with Crippen molar-refractivity contribution in [3.63, 3.8) is 0 Å². The Bertz CT molecular complexity index is 496. The van der Waals surface area contributed by atoms with Crippen molar-refractivity contribution < 1.29 is 9.34 Å². The van der Waals surface area contributed by atoms with Gasteiger partial charge in [0.2, 0.25) is 0 Å². The Morgan fingerprint density at radius 1 is 1.47 bits per heavy atom. The third-order valence-electron chi connectivity index (χ3n) is 1.85. The van der Waals surface area contributed by atoms with Crippen molar-refractivity contribution in [1.29, 1.82) is 0 Å². The molecule has 0 aliphatic carbocycles. The minimum absolute atomic E-state index is 0.0903. The largest absolute Gasteiger partial charge is 0.464 e. The van der Waals surface area contributed by atoms with Gasteiger partial charge in [-0.05, 0) is 34.1 Å². The zero-order valence-electron chi connectivity index (χ0n) is 7.38. The molecule has 6 heteroatoms. The van der Waals surface area contributed by atoms with Crippen LogP contribution in [0.4, 0.5) is 5.69 Å². The second-order valence-electron chi connectivity index (χ2n) is 2.73. The van der Waals surface area contributed by atoms with Gasteiger partial charge in [0.05, 0.1) is 16.7 Å². The molecule has 2 rings (SSSR count). The molecule has 76 valence electrons. The first kappa shape index (κ1) is 9.85. The highest BCUT2D eigenvalue weighted by Crippen LogP contribution is 2.34. The highest BCUT2D eigenvalue weighted by molar-refractivity contribution is 9.10. The number of hydrogen-bond acceptors (Lipinski definition) is 4. The lowest BCUT2D eigenvalue weighted by Crippen LogP contribution is -1.94. The van der Waals surface area contributed by atoms with Crippen molar-refractivity contribution in [2.75, 3.05) is 0 Å². The van der Waals surface area contributed by atoms with Crippen LogP contribution in [0.2, 0.25) is 0 Å². The van der Waals surface area contributed by atoms with Gasteiger partial charge in [0, 0.05) is 6.20 Å². The van der Waals surface area contributed by atoms with E-state index in [1.54, 1.807) is 18.2 Å². The fourth-order valence-corrected chi connectivity index (χ4v) is 1.71. The first-order valence-electron chi connectivity index (χ1n) is 4.03. The summed E-state index contributed by atoms with van der Waals surface area (Å²) in [6.45, 7) is 0. The molecule has 0 unspecified atom stereocenters. The number of hydrogen-bond donors (Lipinski definition) is 0. The van der Waals surface area contributed by atoms with Gasteiger partial charge >= 0.3 is 5.69 Å². The lowest BCUT2D eigenvalue weighted by molar-refractivity contribution is -0.385. The monoisotopic (exact) mass is 268 g/mol. The van der Waals surface area contributed by atoms with Gasteiger partial charge in [-0.3, -0.25) is 10.1 Å². The molecule has 0 saturated heterocycles. The van der Waals surface area contributed by atoms with Crippen molar-refractivity contribution in [2.45, 2.75) is 0 Å². The standard InChI is InChI=1S/C9H5BrN2O3/c10-9-8(12(13)14)6(3-4-11-9)7-2-1-5-15-7/h1-5H. The van der Waals surface area contributed by atoms with Crippen molar-refractivity contribution in [3.05, 3.63) is 45.4 Å². The van der Waals surface area contributed by atoms with Gasteiger partial charge < -0.3 is 4.42 Å². The Hall–Kier alpha value is -1.69. The van der Waals surface area contributed by atoms with Crippen LogP contribution in [0.25, 0.3) is 11.3 Å². The predicted octanol–water partition coefficient (Wildman–Crippen LogP) is 3.01. The lowest BCUT2D eigenvalue weighted by atomic mass is 10.2. The maximum absolute atomic E-state index is 10.8.